The summed E-state index contributed by atoms with van der Waals surface area (Å²) in [5.41, 5.74) is 0. The Balaban J connectivity index is 4.31. The smallest absolute Gasteiger partial charge is 0.306 e. The predicted molar refractivity (Wildman–Crippen MR) is 334 cm³/mol. The third-order valence-corrected chi connectivity index (χ3v) is 13.4. The van der Waals surface area contributed by atoms with Crippen LogP contribution in [0.3, 0.4) is 0 Å². The number of carbonyl (C=O) groups excluding carboxylic acids is 3. The lowest BCUT2D eigenvalue weighted by Gasteiger charge is -2.18. The number of hydrogen-bond donors (Lipinski definition) is 0. The van der Waals surface area contributed by atoms with Crippen LogP contribution < -0.4 is 0 Å². The van der Waals surface area contributed by atoms with Crippen LogP contribution in [0.25, 0.3) is 0 Å². The largest absolute Gasteiger partial charge is 0.462 e. The van der Waals surface area contributed by atoms with Crippen molar-refractivity contribution in [3.8, 4) is 0 Å². The van der Waals surface area contributed by atoms with Crippen LogP contribution in [0, 0.1) is 0 Å². The third-order valence-electron chi connectivity index (χ3n) is 13.4. The average Bonchev–Trinajstić information content (AvgIpc) is 3.43. The van der Waals surface area contributed by atoms with E-state index in [2.05, 4.69) is 142 Å². The Hall–Kier alpha value is -4.19. The maximum atomic E-state index is 12.9. The van der Waals surface area contributed by atoms with Gasteiger partial charge in [0.05, 0.1) is 0 Å². The van der Waals surface area contributed by atoms with Crippen molar-refractivity contribution in [1.82, 2.24) is 0 Å². The molecule has 1 unspecified atom stereocenters. The van der Waals surface area contributed by atoms with Crippen molar-refractivity contribution >= 4 is 17.9 Å². The zero-order valence-corrected chi connectivity index (χ0v) is 50.2. The molecule has 0 amide bonds. The van der Waals surface area contributed by atoms with E-state index in [1.54, 1.807) is 0 Å². The Kier molecular flexibility index (Phi) is 60.8. The molecular formula is C71H118O6. The second kappa shape index (κ2) is 64.3. The zero-order chi connectivity index (χ0) is 55.7. The predicted octanol–water partition coefficient (Wildman–Crippen LogP) is 22.0. The first-order chi connectivity index (χ1) is 38.0. The highest BCUT2D eigenvalue weighted by Gasteiger charge is 2.19. The van der Waals surface area contributed by atoms with E-state index in [1.165, 1.54) is 116 Å². The first-order valence-corrected chi connectivity index (χ1v) is 32.0. The Morgan fingerprint density at radius 1 is 0.273 bits per heavy atom. The second-order valence-corrected chi connectivity index (χ2v) is 20.9. The van der Waals surface area contributed by atoms with E-state index in [9.17, 15) is 14.4 Å². The molecule has 0 radical (unpaired) electrons. The highest BCUT2D eigenvalue weighted by atomic mass is 16.6. The monoisotopic (exact) mass is 1070 g/mol. The van der Waals surface area contributed by atoms with Gasteiger partial charge in [-0.2, -0.15) is 0 Å². The van der Waals surface area contributed by atoms with Gasteiger partial charge in [0, 0.05) is 19.3 Å². The minimum atomic E-state index is -0.811. The van der Waals surface area contributed by atoms with Gasteiger partial charge in [0.1, 0.15) is 13.2 Å². The van der Waals surface area contributed by atoms with Gasteiger partial charge in [-0.15, -0.1) is 0 Å². The van der Waals surface area contributed by atoms with E-state index in [-0.39, 0.29) is 37.5 Å². The molecule has 0 rings (SSSR count). The molecule has 0 aromatic heterocycles. The number of hydrogen-bond acceptors (Lipinski definition) is 6. The van der Waals surface area contributed by atoms with E-state index >= 15 is 0 Å². The second-order valence-electron chi connectivity index (χ2n) is 20.9. The molecule has 0 aromatic rings. The summed E-state index contributed by atoms with van der Waals surface area (Å²) in [5.74, 6) is -0.960. The average molecular weight is 1070 g/mol. The standard InChI is InChI=1S/C71H118O6/c1-4-7-10-13-16-19-22-25-28-29-30-31-32-33-34-35-36-37-38-39-40-41-44-46-49-52-55-58-61-64-70(73)76-67-68(77-71(74)65-62-59-56-53-50-47-43-27-24-21-18-15-12-9-6-3)66-75-69(72)63-60-57-54-51-48-45-42-26-23-20-17-14-11-8-5-2/h8-9,11-12,17-18,20-22,25-27,29-30,32-33,42-43,50,53,68H,4-7,10,13-16,19,23-24,28,31,34-41,44-49,51-52,54-67H2,1-3H3/b11-8-,12-9-,20-17-,21-18-,25-22-,30-29-,33-32-,42-26-,43-27-,53-50-. The topological polar surface area (TPSA) is 78.9 Å². The lowest BCUT2D eigenvalue weighted by molar-refractivity contribution is -0.167. The normalized spacial score (nSPS) is 12.9. The lowest BCUT2D eigenvalue weighted by Crippen LogP contribution is -2.30. The number of carbonyl (C=O) groups is 3. The minimum Gasteiger partial charge on any atom is -0.462 e. The van der Waals surface area contributed by atoms with Crippen molar-refractivity contribution in [2.75, 3.05) is 13.2 Å². The van der Waals surface area contributed by atoms with Gasteiger partial charge in [-0.25, -0.2) is 0 Å². The van der Waals surface area contributed by atoms with Crippen molar-refractivity contribution < 1.29 is 28.6 Å². The summed E-state index contributed by atoms with van der Waals surface area (Å²) in [7, 11) is 0. The van der Waals surface area contributed by atoms with Gasteiger partial charge in [-0.05, 0) is 128 Å². The maximum Gasteiger partial charge on any atom is 0.306 e. The fourth-order valence-corrected chi connectivity index (χ4v) is 8.69. The van der Waals surface area contributed by atoms with Crippen LogP contribution in [0.5, 0.6) is 0 Å². The van der Waals surface area contributed by atoms with Crippen LogP contribution in [0.15, 0.2) is 122 Å². The summed E-state index contributed by atoms with van der Waals surface area (Å²) in [6, 6.07) is 0. The van der Waals surface area contributed by atoms with Crippen LogP contribution in [-0.4, -0.2) is 37.2 Å². The summed E-state index contributed by atoms with van der Waals surface area (Å²) >= 11 is 0. The van der Waals surface area contributed by atoms with E-state index in [4.69, 9.17) is 14.2 Å². The lowest BCUT2D eigenvalue weighted by atomic mass is 10.0. The summed E-state index contributed by atoms with van der Waals surface area (Å²) < 4.78 is 16.9. The van der Waals surface area contributed by atoms with Gasteiger partial charge in [-0.3, -0.25) is 14.4 Å². The molecular weight excluding hydrogens is 949 g/mol. The van der Waals surface area contributed by atoms with Crippen LogP contribution in [0.1, 0.15) is 290 Å². The fraction of sp³-hybridized carbons (Fsp3) is 0.676. The SMILES string of the molecule is CC/C=C\C/C=C\C/C=C\C/C=C\CCCCC(=O)OC(COC(=O)CCCCCCC/C=C\C/C=C\C/C=C\CC)COC(=O)CCCCCCCCCCCCCCCC/C=C\C/C=C\C/C=C\CCCCCCC. The molecule has 6 heteroatoms. The highest BCUT2D eigenvalue weighted by molar-refractivity contribution is 5.71. The number of ether oxygens (including phenoxy) is 3. The molecule has 0 spiro atoms. The molecule has 0 N–H and O–H groups in total. The van der Waals surface area contributed by atoms with Gasteiger partial charge in [0.15, 0.2) is 6.10 Å². The molecule has 0 aromatic carbocycles. The van der Waals surface area contributed by atoms with Crippen LogP contribution in [-0.2, 0) is 28.6 Å². The molecule has 77 heavy (non-hydrogen) atoms. The van der Waals surface area contributed by atoms with E-state index in [0.717, 1.165) is 128 Å². The van der Waals surface area contributed by atoms with Gasteiger partial charge in [0.2, 0.25) is 0 Å². The van der Waals surface area contributed by atoms with Crippen LogP contribution in [0.2, 0.25) is 0 Å². The van der Waals surface area contributed by atoms with Gasteiger partial charge in [-0.1, -0.05) is 264 Å². The van der Waals surface area contributed by atoms with Crippen molar-refractivity contribution in [1.29, 1.82) is 0 Å². The van der Waals surface area contributed by atoms with Gasteiger partial charge < -0.3 is 14.2 Å². The summed E-state index contributed by atoms with van der Waals surface area (Å²) in [4.78, 5) is 38.3. The quantitative estimate of drug-likeness (QED) is 0.0261. The van der Waals surface area contributed by atoms with Crippen LogP contribution in [0.4, 0.5) is 0 Å². The van der Waals surface area contributed by atoms with E-state index in [1.807, 2.05) is 0 Å². The molecule has 0 saturated heterocycles. The van der Waals surface area contributed by atoms with Gasteiger partial charge in [0.25, 0.3) is 0 Å². The van der Waals surface area contributed by atoms with E-state index in [0.29, 0.717) is 19.3 Å². The number of unbranched alkanes of at least 4 members (excludes halogenated alkanes) is 26. The Morgan fingerprint density at radius 2 is 0.506 bits per heavy atom. The first-order valence-electron chi connectivity index (χ1n) is 32.0. The molecule has 0 heterocycles. The zero-order valence-electron chi connectivity index (χ0n) is 50.2. The molecule has 6 nitrogen and oxygen atoms in total. The molecule has 0 fully saturated rings. The van der Waals surface area contributed by atoms with Crippen LogP contribution >= 0.6 is 0 Å². The number of allylic oxidation sites excluding steroid dienone is 20. The summed E-state index contributed by atoms with van der Waals surface area (Å²) in [6.07, 6.45) is 89.3. The molecule has 1 atom stereocenters. The highest BCUT2D eigenvalue weighted by Crippen LogP contribution is 2.16. The summed E-state index contributed by atoms with van der Waals surface area (Å²) in [6.45, 7) is 6.36. The van der Waals surface area contributed by atoms with Crippen molar-refractivity contribution in [3.05, 3.63) is 122 Å². The first kappa shape index (κ1) is 72.8. The molecule has 0 bridgehead atoms. The molecule has 0 aliphatic rings. The Labute approximate surface area is 475 Å². The Bertz CT molecular complexity index is 1600. The molecule has 0 aliphatic heterocycles. The number of rotatable bonds is 57. The summed E-state index contributed by atoms with van der Waals surface area (Å²) in [5, 5.41) is 0. The Morgan fingerprint density at radius 3 is 0.818 bits per heavy atom. The maximum absolute atomic E-state index is 12.9. The molecule has 0 saturated carbocycles. The number of esters is 3. The fourth-order valence-electron chi connectivity index (χ4n) is 8.69. The van der Waals surface area contributed by atoms with E-state index < -0.39 is 6.10 Å². The molecule has 438 valence electrons. The van der Waals surface area contributed by atoms with Crippen molar-refractivity contribution in [3.63, 3.8) is 0 Å². The minimum absolute atomic E-state index is 0.102. The third kappa shape index (κ3) is 62.5. The van der Waals surface area contributed by atoms with Crippen molar-refractivity contribution in [2.45, 2.75) is 297 Å². The van der Waals surface area contributed by atoms with Gasteiger partial charge >= 0.3 is 17.9 Å². The van der Waals surface area contributed by atoms with Crippen molar-refractivity contribution in [2.24, 2.45) is 0 Å². The molecule has 0 aliphatic carbocycles.